The maximum Gasteiger partial charge on any atom is 0.272 e. The average Bonchev–Trinajstić information content (AvgIpc) is 3.06. The molecule has 0 saturated carbocycles. The van der Waals surface area contributed by atoms with Crippen molar-refractivity contribution in [1.29, 1.82) is 0 Å². The van der Waals surface area contributed by atoms with Crippen LogP contribution in [-0.4, -0.2) is 17.7 Å². The van der Waals surface area contributed by atoms with Gasteiger partial charge in [-0.3, -0.25) is 14.4 Å². The number of nitrogens with one attached hydrogen (secondary N) is 3. The molecule has 0 radical (unpaired) electrons. The summed E-state index contributed by atoms with van der Waals surface area (Å²) in [5.74, 6) is -1.64. The van der Waals surface area contributed by atoms with Gasteiger partial charge in [-0.05, 0) is 83.9 Å². The Bertz CT molecular complexity index is 1820. The third kappa shape index (κ3) is 8.69. The van der Waals surface area contributed by atoms with Crippen LogP contribution in [0.15, 0.2) is 144 Å². The summed E-state index contributed by atoms with van der Waals surface area (Å²) in [6.45, 7) is 0. The molecule has 45 heavy (non-hydrogen) atoms. The van der Waals surface area contributed by atoms with E-state index in [1.165, 1.54) is 42.1 Å². The number of rotatable bonds is 10. The molecule has 0 aliphatic carbocycles. The van der Waals surface area contributed by atoms with Crippen LogP contribution in [0.1, 0.15) is 26.7 Å². The van der Waals surface area contributed by atoms with Crippen molar-refractivity contribution >= 4 is 58.5 Å². The lowest BCUT2D eigenvalue weighted by Crippen LogP contribution is -2.30. The van der Waals surface area contributed by atoms with Crippen molar-refractivity contribution in [3.05, 3.63) is 167 Å². The van der Waals surface area contributed by atoms with Gasteiger partial charge in [0.15, 0.2) is 0 Å². The SMILES string of the molecule is O=C(Nc1ccc(SC(C(=O)Nc2ccc(F)cc2)c2ccccc2)cc1)/C(=C/c1ccccc1Cl)NC(=O)c1ccccc1. The first-order valence-corrected chi connectivity index (χ1v) is 15.1. The molecule has 0 bridgehead atoms. The molecule has 1 atom stereocenters. The van der Waals surface area contributed by atoms with E-state index in [1.54, 1.807) is 78.9 Å². The van der Waals surface area contributed by atoms with Crippen molar-refractivity contribution in [3.8, 4) is 0 Å². The fourth-order valence-electron chi connectivity index (χ4n) is 4.28. The molecule has 0 saturated heterocycles. The van der Waals surface area contributed by atoms with Crippen molar-refractivity contribution in [2.24, 2.45) is 0 Å². The Balaban J connectivity index is 1.33. The fraction of sp³-hybridized carbons (Fsp3) is 0.0278. The Kier molecular flexibility index (Phi) is 10.4. The van der Waals surface area contributed by atoms with Gasteiger partial charge in [0.05, 0.1) is 0 Å². The van der Waals surface area contributed by atoms with Gasteiger partial charge >= 0.3 is 0 Å². The Morgan fingerprint density at radius 1 is 0.689 bits per heavy atom. The van der Waals surface area contributed by atoms with Crippen LogP contribution in [-0.2, 0) is 9.59 Å². The standard InChI is InChI=1S/C36H27ClFN3O3S/c37-31-14-8-7-13-26(31)23-32(41-34(42)25-11-5-2-6-12-25)35(43)39-29-19-21-30(22-20-29)45-33(24-9-3-1-4-10-24)36(44)40-28-17-15-27(38)16-18-28/h1-23,33H,(H,39,43)(H,40,44)(H,41,42)/b32-23-. The Labute approximate surface area is 269 Å². The molecule has 0 spiro atoms. The van der Waals surface area contributed by atoms with Crippen LogP contribution in [0.25, 0.3) is 6.08 Å². The molecular formula is C36H27ClFN3O3S. The van der Waals surface area contributed by atoms with E-state index < -0.39 is 17.1 Å². The second-order valence-corrected chi connectivity index (χ2v) is 11.4. The fourth-order valence-corrected chi connectivity index (χ4v) is 5.50. The first kappa shape index (κ1) is 31.3. The van der Waals surface area contributed by atoms with Gasteiger partial charge in [0.2, 0.25) is 5.91 Å². The van der Waals surface area contributed by atoms with Crippen molar-refractivity contribution in [3.63, 3.8) is 0 Å². The number of carbonyl (C=O) groups is 3. The molecule has 0 aliphatic rings. The van der Waals surface area contributed by atoms with Gasteiger partial charge in [-0.25, -0.2) is 4.39 Å². The Morgan fingerprint density at radius 3 is 1.93 bits per heavy atom. The molecular weight excluding hydrogens is 609 g/mol. The summed E-state index contributed by atoms with van der Waals surface area (Å²) in [5, 5.41) is 8.21. The van der Waals surface area contributed by atoms with Crippen LogP contribution in [0, 0.1) is 5.82 Å². The van der Waals surface area contributed by atoms with Gasteiger partial charge in [-0.2, -0.15) is 0 Å². The zero-order chi connectivity index (χ0) is 31.6. The minimum absolute atomic E-state index is 0.0111. The lowest BCUT2D eigenvalue weighted by molar-refractivity contribution is -0.116. The third-order valence-electron chi connectivity index (χ3n) is 6.55. The summed E-state index contributed by atoms with van der Waals surface area (Å²) >= 11 is 7.66. The number of anilines is 2. The van der Waals surface area contributed by atoms with E-state index in [-0.39, 0.29) is 17.4 Å². The summed E-state index contributed by atoms with van der Waals surface area (Å²) in [7, 11) is 0. The van der Waals surface area contributed by atoms with Crippen molar-refractivity contribution in [2.45, 2.75) is 10.1 Å². The van der Waals surface area contributed by atoms with Crippen LogP contribution in [0.3, 0.4) is 0 Å². The average molecular weight is 636 g/mol. The molecule has 1 unspecified atom stereocenters. The van der Waals surface area contributed by atoms with Gasteiger partial charge in [0.1, 0.15) is 16.8 Å². The van der Waals surface area contributed by atoms with E-state index in [2.05, 4.69) is 16.0 Å². The molecule has 6 nitrogen and oxygen atoms in total. The summed E-state index contributed by atoms with van der Waals surface area (Å²) in [4.78, 5) is 40.4. The molecule has 0 heterocycles. The van der Waals surface area contributed by atoms with Crippen LogP contribution >= 0.6 is 23.4 Å². The molecule has 3 amide bonds. The maximum absolute atomic E-state index is 13.4. The summed E-state index contributed by atoms with van der Waals surface area (Å²) in [6, 6.07) is 37.5. The Morgan fingerprint density at radius 2 is 1.27 bits per heavy atom. The van der Waals surface area contributed by atoms with Gasteiger partial charge in [0, 0.05) is 26.9 Å². The third-order valence-corrected chi connectivity index (χ3v) is 8.16. The number of halogens is 2. The molecule has 0 aromatic heterocycles. The molecule has 5 rings (SSSR count). The topological polar surface area (TPSA) is 87.3 Å². The molecule has 0 fully saturated rings. The zero-order valence-electron chi connectivity index (χ0n) is 23.7. The largest absolute Gasteiger partial charge is 0.325 e. The van der Waals surface area contributed by atoms with E-state index in [0.717, 1.165) is 10.5 Å². The number of hydrogen-bond acceptors (Lipinski definition) is 4. The number of thioether (sulfide) groups is 1. The number of hydrogen-bond donors (Lipinski definition) is 3. The zero-order valence-corrected chi connectivity index (χ0v) is 25.3. The molecule has 224 valence electrons. The summed E-state index contributed by atoms with van der Waals surface area (Å²) in [5.41, 5.74) is 2.74. The monoisotopic (exact) mass is 635 g/mol. The highest BCUT2D eigenvalue weighted by molar-refractivity contribution is 8.00. The predicted molar refractivity (Wildman–Crippen MR) is 178 cm³/mol. The molecule has 3 N–H and O–H groups in total. The second kappa shape index (κ2) is 15.0. The van der Waals surface area contributed by atoms with Crippen LogP contribution in [0.2, 0.25) is 5.02 Å². The number of carbonyl (C=O) groups excluding carboxylic acids is 3. The maximum atomic E-state index is 13.4. The molecule has 5 aromatic rings. The first-order chi connectivity index (χ1) is 21.9. The minimum Gasteiger partial charge on any atom is -0.325 e. The van der Waals surface area contributed by atoms with Gasteiger partial charge in [0.25, 0.3) is 11.8 Å². The minimum atomic E-state index is -0.602. The van der Waals surface area contributed by atoms with Crippen LogP contribution in [0.5, 0.6) is 0 Å². The normalized spacial score (nSPS) is 11.7. The highest BCUT2D eigenvalue weighted by Crippen LogP contribution is 2.37. The van der Waals surface area contributed by atoms with Crippen LogP contribution in [0.4, 0.5) is 15.8 Å². The lowest BCUT2D eigenvalue weighted by atomic mass is 10.1. The molecule has 9 heteroatoms. The van der Waals surface area contributed by atoms with Crippen molar-refractivity contribution < 1.29 is 18.8 Å². The quantitative estimate of drug-likeness (QED) is 0.106. The van der Waals surface area contributed by atoms with Gasteiger partial charge in [-0.1, -0.05) is 78.3 Å². The van der Waals surface area contributed by atoms with Crippen molar-refractivity contribution in [2.75, 3.05) is 10.6 Å². The Hall–Kier alpha value is -5.18. The van der Waals surface area contributed by atoms with E-state index >= 15 is 0 Å². The molecule has 5 aromatic carbocycles. The lowest BCUT2D eigenvalue weighted by Gasteiger charge is -2.17. The number of amides is 3. The summed E-state index contributed by atoms with van der Waals surface area (Å²) in [6.07, 6.45) is 1.52. The number of benzene rings is 5. The van der Waals surface area contributed by atoms with E-state index in [4.69, 9.17) is 11.6 Å². The van der Waals surface area contributed by atoms with Crippen LogP contribution < -0.4 is 16.0 Å². The first-order valence-electron chi connectivity index (χ1n) is 13.9. The highest BCUT2D eigenvalue weighted by Gasteiger charge is 2.23. The van der Waals surface area contributed by atoms with Gasteiger partial charge < -0.3 is 16.0 Å². The smallest absolute Gasteiger partial charge is 0.272 e. The van der Waals surface area contributed by atoms with E-state index in [0.29, 0.717) is 27.5 Å². The van der Waals surface area contributed by atoms with E-state index in [1.807, 2.05) is 30.3 Å². The summed E-state index contributed by atoms with van der Waals surface area (Å²) < 4.78 is 13.4. The van der Waals surface area contributed by atoms with Gasteiger partial charge in [-0.15, -0.1) is 11.8 Å². The molecule has 0 aliphatic heterocycles. The second-order valence-electron chi connectivity index (χ2n) is 9.78. The predicted octanol–water partition coefficient (Wildman–Crippen LogP) is 8.36. The van der Waals surface area contributed by atoms with E-state index in [9.17, 15) is 18.8 Å². The highest BCUT2D eigenvalue weighted by atomic mass is 35.5. The van der Waals surface area contributed by atoms with Crippen molar-refractivity contribution in [1.82, 2.24) is 5.32 Å².